The average molecular weight is 607 g/mol. The number of anilines is 2. The van der Waals surface area contributed by atoms with Gasteiger partial charge in [0.15, 0.2) is 17.0 Å². The first-order valence-electron chi connectivity index (χ1n) is 11.4. The number of hydrogen-bond acceptors (Lipinski definition) is 7. The summed E-state index contributed by atoms with van der Waals surface area (Å²) >= 11 is 3.34. The number of aromatic nitrogens is 4. The summed E-state index contributed by atoms with van der Waals surface area (Å²) in [5.41, 5.74) is 7.16. The lowest BCUT2D eigenvalue weighted by molar-refractivity contribution is 0.410. The predicted octanol–water partition coefficient (Wildman–Crippen LogP) is 5.03. The van der Waals surface area contributed by atoms with E-state index in [2.05, 4.69) is 40.5 Å². The third-order valence-corrected chi connectivity index (χ3v) is 8.41. The van der Waals surface area contributed by atoms with Gasteiger partial charge in [0.25, 0.3) is 10.0 Å². The van der Waals surface area contributed by atoms with E-state index in [1.54, 1.807) is 30.6 Å². The van der Waals surface area contributed by atoms with Crippen molar-refractivity contribution in [3.8, 4) is 0 Å². The Kier molecular flexibility index (Phi) is 9.25. The van der Waals surface area contributed by atoms with Gasteiger partial charge in [-0.25, -0.2) is 13.4 Å². The molecule has 0 aliphatic heterocycles. The molecule has 2 aliphatic rings. The predicted molar refractivity (Wildman–Crippen MR) is 146 cm³/mol. The monoisotopic (exact) mass is 605 g/mol. The Hall–Kier alpha value is -1.66. The van der Waals surface area contributed by atoms with Crippen molar-refractivity contribution in [2.75, 3.05) is 10.0 Å². The summed E-state index contributed by atoms with van der Waals surface area (Å²) in [7, 11) is -3.86. The Balaban J connectivity index is 0.00000171. The first kappa shape index (κ1) is 27.9. The summed E-state index contributed by atoms with van der Waals surface area (Å²) < 4.78 is 31.7. The molecular weight excluding hydrogens is 577 g/mol. The van der Waals surface area contributed by atoms with Crippen LogP contribution in [0.3, 0.4) is 0 Å². The number of nitrogens with zero attached hydrogens (tertiary/aromatic N) is 4. The van der Waals surface area contributed by atoms with Gasteiger partial charge in [0.1, 0.15) is 0 Å². The van der Waals surface area contributed by atoms with Crippen LogP contribution in [-0.2, 0) is 10.0 Å². The fourth-order valence-corrected chi connectivity index (χ4v) is 6.37. The number of benzene rings is 1. The first-order valence-corrected chi connectivity index (χ1v) is 13.7. The van der Waals surface area contributed by atoms with E-state index in [4.69, 9.17) is 10.7 Å². The standard InChI is InChI=1S/C22H28BrN7O2S.2ClH/c23-14-4-3-7-18(12-14)33(31,32)29-20-19-21(30(13-25-19)17-5-1-2-6-17)28-22(27-20)26-16-10-8-15(24)9-11-16;;/h3-4,7,12-13,15-17H,1-2,5-6,8-11,24H2,(H2,26,27,28,29);2*1H/t15-,16-;;. The smallest absolute Gasteiger partial charge is 0.263 e. The zero-order valence-electron chi connectivity index (χ0n) is 19.1. The number of sulfonamides is 1. The molecule has 0 atom stereocenters. The van der Waals surface area contributed by atoms with Gasteiger partial charge in [0.05, 0.1) is 11.2 Å². The van der Waals surface area contributed by atoms with Crippen molar-refractivity contribution in [2.45, 2.75) is 74.4 Å². The minimum absolute atomic E-state index is 0. The van der Waals surface area contributed by atoms with Crippen LogP contribution in [0.4, 0.5) is 11.8 Å². The van der Waals surface area contributed by atoms with Gasteiger partial charge in [-0.15, -0.1) is 24.8 Å². The minimum atomic E-state index is -3.86. The molecule has 4 N–H and O–H groups in total. The van der Waals surface area contributed by atoms with E-state index in [1.165, 1.54) is 12.8 Å². The summed E-state index contributed by atoms with van der Waals surface area (Å²) in [6.07, 6.45) is 10.00. The summed E-state index contributed by atoms with van der Waals surface area (Å²) in [5, 5.41) is 3.41. The Morgan fingerprint density at radius 3 is 2.43 bits per heavy atom. The quantitative estimate of drug-likeness (QED) is 0.359. The molecule has 2 saturated carbocycles. The molecule has 192 valence electrons. The molecule has 1 aromatic carbocycles. The average Bonchev–Trinajstić information content (AvgIpc) is 3.45. The van der Waals surface area contributed by atoms with Gasteiger partial charge in [0, 0.05) is 22.6 Å². The van der Waals surface area contributed by atoms with Crippen molar-refractivity contribution >= 4 is 73.7 Å². The fourth-order valence-electron chi connectivity index (χ4n) is 4.77. The molecule has 0 radical (unpaired) electrons. The second-order valence-electron chi connectivity index (χ2n) is 8.98. The van der Waals surface area contributed by atoms with Crippen LogP contribution in [0.25, 0.3) is 11.2 Å². The number of imidazole rings is 1. The molecule has 0 unspecified atom stereocenters. The normalized spacial score (nSPS) is 20.7. The Morgan fingerprint density at radius 2 is 1.74 bits per heavy atom. The maximum absolute atomic E-state index is 13.1. The van der Waals surface area contributed by atoms with Crippen LogP contribution in [0.15, 0.2) is 40.0 Å². The van der Waals surface area contributed by atoms with Crippen LogP contribution in [0, 0.1) is 0 Å². The highest BCUT2D eigenvalue weighted by molar-refractivity contribution is 9.10. The van der Waals surface area contributed by atoms with Crippen molar-refractivity contribution in [3.63, 3.8) is 0 Å². The van der Waals surface area contributed by atoms with E-state index >= 15 is 0 Å². The summed E-state index contributed by atoms with van der Waals surface area (Å²) in [5.74, 6) is 0.599. The van der Waals surface area contributed by atoms with Crippen molar-refractivity contribution in [1.29, 1.82) is 0 Å². The van der Waals surface area contributed by atoms with Crippen molar-refractivity contribution < 1.29 is 8.42 Å². The Morgan fingerprint density at radius 1 is 1.03 bits per heavy atom. The van der Waals surface area contributed by atoms with Gasteiger partial charge in [-0.2, -0.15) is 9.97 Å². The SMILES string of the molecule is Cl.Cl.N[C@H]1CC[C@H](Nc2nc(NS(=O)(=O)c3cccc(Br)c3)c3ncn(C4CCCC4)c3n2)CC1. The molecule has 9 nitrogen and oxygen atoms in total. The van der Waals surface area contributed by atoms with Gasteiger partial charge in [-0.1, -0.05) is 34.8 Å². The Labute approximate surface area is 226 Å². The van der Waals surface area contributed by atoms with Crippen LogP contribution < -0.4 is 15.8 Å². The molecule has 3 aromatic rings. The lowest BCUT2D eigenvalue weighted by Crippen LogP contribution is -2.33. The molecule has 2 fully saturated rings. The van der Waals surface area contributed by atoms with E-state index < -0.39 is 10.0 Å². The van der Waals surface area contributed by atoms with E-state index in [9.17, 15) is 8.42 Å². The molecule has 35 heavy (non-hydrogen) atoms. The highest BCUT2D eigenvalue weighted by Gasteiger charge is 2.25. The third kappa shape index (κ3) is 6.19. The number of nitrogens with one attached hydrogen (secondary N) is 2. The second-order valence-corrected chi connectivity index (χ2v) is 11.6. The molecule has 5 rings (SSSR count). The summed E-state index contributed by atoms with van der Waals surface area (Å²) in [6, 6.07) is 7.34. The second kappa shape index (κ2) is 11.6. The van der Waals surface area contributed by atoms with E-state index in [1.807, 2.05) is 0 Å². The van der Waals surface area contributed by atoms with Crippen molar-refractivity contribution in [1.82, 2.24) is 19.5 Å². The summed E-state index contributed by atoms with van der Waals surface area (Å²) in [6.45, 7) is 0. The molecule has 2 aromatic heterocycles. The molecule has 0 amide bonds. The van der Waals surface area contributed by atoms with Crippen molar-refractivity contribution in [3.05, 3.63) is 35.1 Å². The molecule has 2 aliphatic carbocycles. The number of hydrogen-bond donors (Lipinski definition) is 3. The number of halogens is 3. The lowest BCUT2D eigenvalue weighted by Gasteiger charge is -2.27. The molecule has 0 saturated heterocycles. The highest BCUT2D eigenvalue weighted by atomic mass is 79.9. The zero-order chi connectivity index (χ0) is 23.0. The first-order chi connectivity index (χ1) is 15.9. The molecule has 13 heteroatoms. The minimum Gasteiger partial charge on any atom is -0.351 e. The van der Waals surface area contributed by atoms with Crippen LogP contribution in [-0.4, -0.2) is 40.0 Å². The maximum Gasteiger partial charge on any atom is 0.263 e. The topological polar surface area (TPSA) is 128 Å². The molecular formula is C22H30BrCl2N7O2S. The van der Waals surface area contributed by atoms with Crippen LogP contribution in [0.2, 0.25) is 0 Å². The van der Waals surface area contributed by atoms with Gasteiger partial charge in [-0.05, 0) is 56.7 Å². The van der Waals surface area contributed by atoms with Crippen LogP contribution in [0.5, 0.6) is 0 Å². The van der Waals surface area contributed by atoms with Crippen LogP contribution in [0.1, 0.15) is 57.4 Å². The molecule has 0 spiro atoms. The lowest BCUT2D eigenvalue weighted by atomic mass is 9.92. The molecule has 2 heterocycles. The van der Waals surface area contributed by atoms with Gasteiger partial charge in [0.2, 0.25) is 5.95 Å². The largest absolute Gasteiger partial charge is 0.351 e. The van der Waals surface area contributed by atoms with Gasteiger partial charge < -0.3 is 15.6 Å². The number of fused-ring (bicyclic) bond motifs is 1. The summed E-state index contributed by atoms with van der Waals surface area (Å²) in [4.78, 5) is 14.0. The van der Waals surface area contributed by atoms with E-state index in [0.29, 0.717) is 27.6 Å². The zero-order valence-corrected chi connectivity index (χ0v) is 23.1. The van der Waals surface area contributed by atoms with Gasteiger partial charge in [-0.3, -0.25) is 4.72 Å². The fraction of sp³-hybridized carbons (Fsp3) is 0.500. The Bertz CT molecular complexity index is 1260. The van der Waals surface area contributed by atoms with Gasteiger partial charge >= 0.3 is 0 Å². The highest BCUT2D eigenvalue weighted by Crippen LogP contribution is 2.34. The number of nitrogens with two attached hydrogens (primary N) is 1. The maximum atomic E-state index is 13.1. The number of rotatable bonds is 6. The molecule has 0 bridgehead atoms. The van der Waals surface area contributed by atoms with Crippen molar-refractivity contribution in [2.24, 2.45) is 5.73 Å². The van der Waals surface area contributed by atoms with Crippen LogP contribution >= 0.6 is 40.7 Å². The third-order valence-electron chi connectivity index (χ3n) is 6.58. The van der Waals surface area contributed by atoms with E-state index in [0.717, 1.165) is 38.5 Å². The van der Waals surface area contributed by atoms with E-state index in [-0.39, 0.29) is 47.6 Å².